The SMILES string of the molecule is O=C(O)/C=C/C(=O)O.O=C(OCCc1ccccc1)N1CCOc2c1cc1c(c2-c2cccs2)CCNCC1. The molecule has 0 spiro atoms. The number of fused-ring (bicyclic) bond motifs is 2. The molecule has 3 heterocycles. The molecule has 10 heteroatoms. The van der Waals surface area contributed by atoms with Crippen molar-refractivity contribution >= 4 is 35.1 Å². The van der Waals surface area contributed by atoms with Crippen LogP contribution in [0.2, 0.25) is 0 Å². The smallest absolute Gasteiger partial charge is 0.414 e. The molecule has 3 N–H and O–H groups in total. The largest absolute Gasteiger partial charge is 0.489 e. The lowest BCUT2D eigenvalue weighted by molar-refractivity contribution is -0.134. The van der Waals surface area contributed by atoms with E-state index in [9.17, 15) is 14.4 Å². The van der Waals surface area contributed by atoms with Crippen molar-refractivity contribution in [3.05, 3.63) is 82.8 Å². The van der Waals surface area contributed by atoms with Gasteiger partial charge in [-0.05, 0) is 60.1 Å². The number of nitrogens with zero attached hydrogens (tertiary/aromatic N) is 1. The molecular weight excluding hydrogens is 520 g/mol. The number of thiophene rings is 1. The summed E-state index contributed by atoms with van der Waals surface area (Å²) >= 11 is 1.71. The average molecular weight is 551 g/mol. The Hall–Kier alpha value is -4.15. The van der Waals surface area contributed by atoms with E-state index in [2.05, 4.69) is 41.0 Å². The van der Waals surface area contributed by atoms with E-state index >= 15 is 0 Å². The first-order valence-electron chi connectivity index (χ1n) is 12.6. The van der Waals surface area contributed by atoms with Crippen LogP contribution in [0.25, 0.3) is 10.4 Å². The van der Waals surface area contributed by atoms with Crippen LogP contribution in [-0.2, 0) is 33.6 Å². The summed E-state index contributed by atoms with van der Waals surface area (Å²) in [6, 6.07) is 16.4. The Morgan fingerprint density at radius 3 is 2.46 bits per heavy atom. The van der Waals surface area contributed by atoms with E-state index in [4.69, 9.17) is 19.7 Å². The van der Waals surface area contributed by atoms with Crippen molar-refractivity contribution in [3.63, 3.8) is 0 Å². The number of carboxylic acids is 2. The van der Waals surface area contributed by atoms with Crippen molar-refractivity contribution < 1.29 is 34.1 Å². The molecule has 0 fully saturated rings. The zero-order chi connectivity index (χ0) is 27.6. The van der Waals surface area contributed by atoms with Crippen LogP contribution in [0.5, 0.6) is 5.75 Å². The van der Waals surface area contributed by atoms with Crippen LogP contribution in [0.15, 0.2) is 66.1 Å². The Morgan fingerprint density at radius 1 is 1.03 bits per heavy atom. The number of hydrogen-bond acceptors (Lipinski definition) is 7. The van der Waals surface area contributed by atoms with Crippen molar-refractivity contribution in [2.75, 3.05) is 37.7 Å². The highest BCUT2D eigenvalue weighted by molar-refractivity contribution is 7.13. The second-order valence-electron chi connectivity index (χ2n) is 8.82. The third-order valence-electron chi connectivity index (χ3n) is 6.25. The zero-order valence-electron chi connectivity index (χ0n) is 21.3. The summed E-state index contributed by atoms with van der Waals surface area (Å²) in [5.41, 5.74) is 5.77. The maximum atomic E-state index is 13.0. The van der Waals surface area contributed by atoms with E-state index in [0.29, 0.717) is 38.3 Å². The van der Waals surface area contributed by atoms with Crippen molar-refractivity contribution in [1.82, 2.24) is 5.32 Å². The lowest BCUT2D eigenvalue weighted by Gasteiger charge is -2.32. The van der Waals surface area contributed by atoms with E-state index in [1.54, 1.807) is 16.2 Å². The molecule has 0 radical (unpaired) electrons. The van der Waals surface area contributed by atoms with Gasteiger partial charge in [0.1, 0.15) is 6.61 Å². The van der Waals surface area contributed by atoms with Gasteiger partial charge in [-0.1, -0.05) is 36.4 Å². The molecule has 0 atom stereocenters. The number of carbonyl (C=O) groups is 3. The number of rotatable bonds is 6. The summed E-state index contributed by atoms with van der Waals surface area (Å²) in [7, 11) is 0. The molecule has 0 bridgehead atoms. The van der Waals surface area contributed by atoms with Gasteiger partial charge in [-0.3, -0.25) is 4.90 Å². The normalized spacial score (nSPS) is 14.2. The molecule has 0 saturated heterocycles. The van der Waals surface area contributed by atoms with Crippen LogP contribution >= 0.6 is 11.3 Å². The maximum absolute atomic E-state index is 13.0. The second-order valence-corrected chi connectivity index (χ2v) is 9.77. The number of amides is 1. The number of aliphatic carboxylic acids is 2. The van der Waals surface area contributed by atoms with E-state index in [1.807, 2.05) is 18.2 Å². The molecule has 204 valence electrons. The van der Waals surface area contributed by atoms with Crippen molar-refractivity contribution in [2.24, 2.45) is 0 Å². The first-order chi connectivity index (χ1) is 18.9. The molecule has 2 aliphatic heterocycles. The summed E-state index contributed by atoms with van der Waals surface area (Å²) < 4.78 is 11.8. The van der Waals surface area contributed by atoms with E-state index in [0.717, 1.165) is 48.5 Å². The Kier molecular flexibility index (Phi) is 9.71. The highest BCUT2D eigenvalue weighted by atomic mass is 32.1. The molecule has 9 nitrogen and oxygen atoms in total. The van der Waals surface area contributed by atoms with Gasteiger partial charge in [0.15, 0.2) is 5.75 Å². The van der Waals surface area contributed by atoms with Crippen LogP contribution in [0, 0.1) is 0 Å². The summed E-state index contributed by atoms with van der Waals surface area (Å²) in [6.07, 6.45) is 3.42. The Balaban J connectivity index is 0.000000386. The monoisotopic (exact) mass is 550 g/mol. The molecule has 0 aliphatic carbocycles. The van der Waals surface area contributed by atoms with E-state index < -0.39 is 11.9 Å². The molecule has 39 heavy (non-hydrogen) atoms. The number of benzene rings is 2. The Morgan fingerprint density at radius 2 is 1.77 bits per heavy atom. The second kappa shape index (κ2) is 13.6. The van der Waals surface area contributed by atoms with Crippen molar-refractivity contribution in [2.45, 2.75) is 19.3 Å². The van der Waals surface area contributed by atoms with E-state index in [-0.39, 0.29) is 6.09 Å². The van der Waals surface area contributed by atoms with Gasteiger partial charge in [0.25, 0.3) is 0 Å². The van der Waals surface area contributed by atoms with Crippen LogP contribution in [-0.4, -0.2) is 61.1 Å². The standard InChI is InChI=1S/C25H26N2O3S.C4H4O4/c28-25(30-14-10-18-5-2-1-3-6-18)27-13-15-29-24-21(27)17-19-8-11-26-12-9-20(19)23(24)22-7-4-16-31-22;5-3(6)1-2-4(7)8/h1-7,16-17,26H,8-15H2;1-2H,(H,5,6)(H,7,8)/b;2-1+. The number of ether oxygens (including phenoxy) is 2. The fourth-order valence-electron chi connectivity index (χ4n) is 4.51. The van der Waals surface area contributed by atoms with Gasteiger partial charge in [-0.2, -0.15) is 0 Å². The van der Waals surface area contributed by atoms with Crippen LogP contribution in [0.1, 0.15) is 16.7 Å². The number of carboxylic acid groups (broad SMARTS) is 2. The highest BCUT2D eigenvalue weighted by Gasteiger charge is 2.31. The molecule has 1 aromatic heterocycles. The predicted molar refractivity (Wildman–Crippen MR) is 149 cm³/mol. The van der Waals surface area contributed by atoms with Crippen LogP contribution in [0.4, 0.5) is 10.5 Å². The minimum atomic E-state index is -1.26. The quantitative estimate of drug-likeness (QED) is 0.386. The van der Waals surface area contributed by atoms with Gasteiger partial charge in [0.05, 0.1) is 18.8 Å². The number of anilines is 1. The lowest BCUT2D eigenvalue weighted by Crippen LogP contribution is -2.39. The summed E-state index contributed by atoms with van der Waals surface area (Å²) in [5, 5.41) is 21.2. The number of hydrogen-bond donors (Lipinski definition) is 3. The third kappa shape index (κ3) is 7.46. The van der Waals surface area contributed by atoms with Crippen LogP contribution in [0.3, 0.4) is 0 Å². The van der Waals surface area contributed by atoms with Gasteiger partial charge in [-0.15, -0.1) is 11.3 Å². The topological polar surface area (TPSA) is 125 Å². The minimum Gasteiger partial charge on any atom is -0.489 e. The first kappa shape index (κ1) is 27.9. The molecular formula is C29H30N2O7S. The fraction of sp³-hybridized carbons (Fsp3) is 0.276. The third-order valence-corrected chi connectivity index (χ3v) is 7.14. The summed E-state index contributed by atoms with van der Waals surface area (Å²) in [6.45, 7) is 3.23. The maximum Gasteiger partial charge on any atom is 0.414 e. The lowest BCUT2D eigenvalue weighted by atomic mass is 9.93. The fourth-order valence-corrected chi connectivity index (χ4v) is 5.31. The molecule has 0 saturated carbocycles. The number of nitrogens with one attached hydrogen (secondary N) is 1. The molecule has 1 amide bonds. The Bertz CT molecular complexity index is 1310. The van der Waals surface area contributed by atoms with Crippen molar-refractivity contribution in [3.8, 4) is 16.2 Å². The first-order valence-corrected chi connectivity index (χ1v) is 13.5. The van der Waals surface area contributed by atoms with Gasteiger partial charge in [0, 0.05) is 29.0 Å². The van der Waals surface area contributed by atoms with E-state index in [1.165, 1.54) is 16.0 Å². The number of carbonyl (C=O) groups excluding carboxylic acids is 1. The van der Waals surface area contributed by atoms with Gasteiger partial charge in [-0.25, -0.2) is 14.4 Å². The molecule has 2 aromatic carbocycles. The minimum absolute atomic E-state index is 0.302. The molecule has 0 unspecified atom stereocenters. The molecule has 5 rings (SSSR count). The van der Waals surface area contributed by atoms with Gasteiger partial charge in [0.2, 0.25) is 0 Å². The highest BCUT2D eigenvalue weighted by Crippen LogP contribution is 2.46. The van der Waals surface area contributed by atoms with Gasteiger partial charge >= 0.3 is 18.0 Å². The predicted octanol–water partition coefficient (Wildman–Crippen LogP) is 4.39. The Labute approximate surface area is 230 Å². The van der Waals surface area contributed by atoms with Gasteiger partial charge < -0.3 is 25.0 Å². The van der Waals surface area contributed by atoms with Crippen molar-refractivity contribution in [1.29, 1.82) is 0 Å². The zero-order valence-corrected chi connectivity index (χ0v) is 22.1. The molecule has 2 aliphatic rings. The summed E-state index contributed by atoms with van der Waals surface area (Å²) in [5.74, 6) is -1.70. The van der Waals surface area contributed by atoms with Crippen LogP contribution < -0.4 is 15.0 Å². The molecule has 3 aromatic rings. The summed E-state index contributed by atoms with van der Waals surface area (Å²) in [4.78, 5) is 35.1. The average Bonchev–Trinajstić information content (AvgIpc) is 3.36.